The lowest BCUT2D eigenvalue weighted by Gasteiger charge is -2.23. The molecule has 2 rings (SSSR count). The van der Waals surface area contributed by atoms with Gasteiger partial charge in [0.15, 0.2) is 0 Å². The van der Waals surface area contributed by atoms with Crippen LogP contribution in [0.1, 0.15) is 19.3 Å². The minimum absolute atomic E-state index is 0. The Hall–Kier alpha value is -0.490. The van der Waals surface area contributed by atoms with E-state index in [1.807, 2.05) is 0 Å². The SMILES string of the molecule is Cl.O=C(O)[C@@]12CCC[C@H]1CN(CC(F)(F)F)C2. The van der Waals surface area contributed by atoms with E-state index in [9.17, 15) is 23.1 Å². The van der Waals surface area contributed by atoms with Crippen molar-refractivity contribution < 1.29 is 23.1 Å². The van der Waals surface area contributed by atoms with Crippen molar-refractivity contribution >= 4 is 18.4 Å². The monoisotopic (exact) mass is 273 g/mol. The number of hydrogen-bond acceptors (Lipinski definition) is 2. The van der Waals surface area contributed by atoms with Gasteiger partial charge in [0.2, 0.25) is 0 Å². The third-order valence-corrected chi connectivity index (χ3v) is 3.77. The van der Waals surface area contributed by atoms with E-state index in [1.165, 1.54) is 4.90 Å². The molecule has 1 aliphatic carbocycles. The highest BCUT2D eigenvalue weighted by Gasteiger charge is 2.55. The van der Waals surface area contributed by atoms with E-state index in [0.717, 1.165) is 12.8 Å². The van der Waals surface area contributed by atoms with Crippen LogP contribution in [0.3, 0.4) is 0 Å². The van der Waals surface area contributed by atoms with Gasteiger partial charge in [0.05, 0.1) is 12.0 Å². The molecule has 2 fully saturated rings. The Morgan fingerprint density at radius 3 is 2.59 bits per heavy atom. The third kappa shape index (κ3) is 2.68. The fourth-order valence-corrected chi connectivity index (χ4v) is 3.12. The molecule has 2 atom stereocenters. The molecule has 1 saturated heterocycles. The number of hydrogen-bond donors (Lipinski definition) is 1. The van der Waals surface area contributed by atoms with Gasteiger partial charge in [-0.15, -0.1) is 12.4 Å². The predicted octanol–water partition coefficient (Wildman–Crippen LogP) is 2.16. The van der Waals surface area contributed by atoms with Crippen molar-refractivity contribution in [2.45, 2.75) is 25.4 Å². The second-order valence-corrected chi connectivity index (χ2v) is 4.84. The summed E-state index contributed by atoms with van der Waals surface area (Å²) in [6.45, 7) is -0.670. The average molecular weight is 274 g/mol. The molecule has 7 heteroatoms. The third-order valence-electron chi connectivity index (χ3n) is 3.77. The fraction of sp³-hybridized carbons (Fsp3) is 0.900. The number of likely N-dealkylation sites (tertiary alicyclic amines) is 1. The van der Waals surface area contributed by atoms with Crippen LogP contribution in [0, 0.1) is 11.3 Å². The van der Waals surface area contributed by atoms with Crippen LogP contribution in [0.4, 0.5) is 13.2 Å². The Labute approximate surface area is 103 Å². The van der Waals surface area contributed by atoms with Crippen LogP contribution in [0.2, 0.25) is 0 Å². The standard InChI is InChI=1S/C10H14F3NO2.ClH/c11-10(12,13)6-14-4-7-2-1-3-9(7,5-14)8(15)16;/h7H,1-6H2,(H,15,16);1H/t7-,9+;/m0./s1. The number of carboxylic acid groups (broad SMARTS) is 1. The summed E-state index contributed by atoms with van der Waals surface area (Å²) in [5.74, 6) is -1.04. The Balaban J connectivity index is 0.00000144. The number of carbonyl (C=O) groups is 1. The van der Waals surface area contributed by atoms with E-state index in [1.54, 1.807) is 0 Å². The summed E-state index contributed by atoms with van der Waals surface area (Å²) < 4.78 is 36.7. The molecule has 3 nitrogen and oxygen atoms in total. The van der Waals surface area contributed by atoms with Gasteiger partial charge in [-0.05, 0) is 18.8 Å². The number of nitrogens with zero attached hydrogens (tertiary/aromatic N) is 1. The van der Waals surface area contributed by atoms with Crippen LogP contribution in [-0.2, 0) is 4.79 Å². The van der Waals surface area contributed by atoms with Gasteiger partial charge in [0.25, 0.3) is 0 Å². The fourth-order valence-electron chi connectivity index (χ4n) is 3.12. The van der Waals surface area contributed by atoms with Gasteiger partial charge in [0.1, 0.15) is 0 Å². The molecule has 17 heavy (non-hydrogen) atoms. The minimum atomic E-state index is -4.24. The first kappa shape index (κ1) is 14.6. The predicted molar refractivity (Wildman–Crippen MR) is 57.2 cm³/mol. The lowest BCUT2D eigenvalue weighted by molar-refractivity contribution is -0.153. The van der Waals surface area contributed by atoms with E-state index >= 15 is 0 Å². The molecule has 0 aromatic heterocycles. The average Bonchev–Trinajstić information content (AvgIpc) is 2.56. The Morgan fingerprint density at radius 2 is 2.12 bits per heavy atom. The normalized spacial score (nSPS) is 33.2. The molecule has 0 aromatic rings. The van der Waals surface area contributed by atoms with Crippen LogP contribution < -0.4 is 0 Å². The van der Waals surface area contributed by atoms with Gasteiger partial charge < -0.3 is 5.11 Å². The van der Waals surface area contributed by atoms with Crippen molar-refractivity contribution in [3.8, 4) is 0 Å². The molecule has 0 unspecified atom stereocenters. The van der Waals surface area contributed by atoms with E-state index in [0.29, 0.717) is 6.42 Å². The maximum Gasteiger partial charge on any atom is 0.401 e. The van der Waals surface area contributed by atoms with Crippen LogP contribution >= 0.6 is 12.4 Å². The number of alkyl halides is 3. The zero-order valence-corrected chi connectivity index (χ0v) is 9.98. The number of fused-ring (bicyclic) bond motifs is 1. The summed E-state index contributed by atoms with van der Waals surface area (Å²) in [5.41, 5.74) is -0.911. The van der Waals surface area contributed by atoms with Crippen LogP contribution in [0.25, 0.3) is 0 Å². The first-order valence-electron chi connectivity index (χ1n) is 5.36. The number of aliphatic carboxylic acids is 1. The van der Waals surface area contributed by atoms with Crippen molar-refractivity contribution in [1.82, 2.24) is 4.90 Å². The first-order chi connectivity index (χ1) is 7.33. The lowest BCUT2D eigenvalue weighted by atomic mass is 9.81. The molecule has 1 N–H and O–H groups in total. The summed E-state index contributed by atoms with van der Waals surface area (Å²) in [4.78, 5) is 12.4. The van der Waals surface area contributed by atoms with Crippen molar-refractivity contribution in [3.05, 3.63) is 0 Å². The minimum Gasteiger partial charge on any atom is -0.481 e. The summed E-state index contributed by atoms with van der Waals surface area (Å²) >= 11 is 0. The van der Waals surface area contributed by atoms with Crippen molar-refractivity contribution in [2.75, 3.05) is 19.6 Å². The molecule has 100 valence electrons. The Kier molecular flexibility index (Phi) is 3.98. The van der Waals surface area contributed by atoms with Gasteiger partial charge in [-0.3, -0.25) is 9.69 Å². The lowest BCUT2D eigenvalue weighted by Crippen LogP contribution is -2.38. The molecule has 0 spiro atoms. The molecular weight excluding hydrogens is 259 g/mol. The summed E-state index contributed by atoms with van der Waals surface area (Å²) in [5, 5.41) is 9.18. The number of carboxylic acids is 1. The first-order valence-corrected chi connectivity index (χ1v) is 5.36. The van der Waals surface area contributed by atoms with Crippen molar-refractivity contribution in [3.63, 3.8) is 0 Å². The molecule has 1 heterocycles. The second-order valence-electron chi connectivity index (χ2n) is 4.84. The molecule has 0 aromatic carbocycles. The summed E-state index contributed by atoms with van der Waals surface area (Å²) in [6, 6.07) is 0. The highest BCUT2D eigenvalue weighted by Crippen LogP contribution is 2.49. The smallest absolute Gasteiger partial charge is 0.401 e. The Bertz CT molecular complexity index is 310. The van der Waals surface area contributed by atoms with E-state index in [4.69, 9.17) is 0 Å². The van der Waals surface area contributed by atoms with Crippen LogP contribution in [-0.4, -0.2) is 41.8 Å². The quantitative estimate of drug-likeness (QED) is 0.838. The van der Waals surface area contributed by atoms with E-state index < -0.39 is 24.1 Å². The molecule has 0 radical (unpaired) electrons. The van der Waals surface area contributed by atoms with E-state index in [2.05, 4.69) is 0 Å². The molecule has 0 amide bonds. The highest BCUT2D eigenvalue weighted by molar-refractivity contribution is 5.85. The summed E-state index contributed by atoms with van der Waals surface area (Å²) in [7, 11) is 0. The van der Waals surface area contributed by atoms with Crippen molar-refractivity contribution in [1.29, 1.82) is 0 Å². The zero-order chi connectivity index (χ0) is 12.0. The van der Waals surface area contributed by atoms with Gasteiger partial charge in [-0.25, -0.2) is 0 Å². The topological polar surface area (TPSA) is 40.5 Å². The zero-order valence-electron chi connectivity index (χ0n) is 9.16. The van der Waals surface area contributed by atoms with Gasteiger partial charge in [0, 0.05) is 13.1 Å². The number of halogens is 4. The van der Waals surface area contributed by atoms with Crippen LogP contribution in [0.15, 0.2) is 0 Å². The maximum atomic E-state index is 12.2. The van der Waals surface area contributed by atoms with Gasteiger partial charge in [-0.2, -0.15) is 13.2 Å². The van der Waals surface area contributed by atoms with Gasteiger partial charge >= 0.3 is 12.1 Å². The molecular formula is C10H15ClF3NO2. The molecule has 2 aliphatic rings. The second kappa shape index (κ2) is 4.65. The highest BCUT2D eigenvalue weighted by atomic mass is 35.5. The maximum absolute atomic E-state index is 12.2. The molecule has 0 bridgehead atoms. The molecule has 1 aliphatic heterocycles. The van der Waals surface area contributed by atoms with Crippen molar-refractivity contribution in [2.24, 2.45) is 11.3 Å². The largest absolute Gasteiger partial charge is 0.481 e. The Morgan fingerprint density at radius 1 is 1.47 bits per heavy atom. The van der Waals surface area contributed by atoms with E-state index in [-0.39, 0.29) is 31.4 Å². The molecule has 1 saturated carbocycles. The summed E-state index contributed by atoms with van der Waals surface area (Å²) in [6.07, 6.45) is -2.17. The van der Waals surface area contributed by atoms with Crippen LogP contribution in [0.5, 0.6) is 0 Å². The van der Waals surface area contributed by atoms with Gasteiger partial charge in [-0.1, -0.05) is 6.42 Å². The number of rotatable bonds is 2.